The molecule has 30 heavy (non-hydrogen) atoms. The molecule has 0 saturated heterocycles. The summed E-state index contributed by atoms with van der Waals surface area (Å²) >= 11 is 0. The Morgan fingerprint density at radius 1 is 0.867 bits per heavy atom. The van der Waals surface area contributed by atoms with Crippen molar-refractivity contribution in [1.82, 2.24) is 5.32 Å². The van der Waals surface area contributed by atoms with E-state index in [4.69, 9.17) is 4.74 Å². The van der Waals surface area contributed by atoms with E-state index in [1.165, 1.54) is 0 Å². The van der Waals surface area contributed by atoms with Gasteiger partial charge < -0.3 is 15.4 Å². The van der Waals surface area contributed by atoms with E-state index in [0.717, 1.165) is 16.7 Å². The Morgan fingerprint density at radius 2 is 1.50 bits per heavy atom. The SMILES string of the molecule is C[C@@H](NC(=O)OCc1ccccc1)C(=O)Nc1cccc(C#Cc2ccccc2)c1. The Balaban J connectivity index is 1.52. The summed E-state index contributed by atoms with van der Waals surface area (Å²) in [5, 5.41) is 5.31. The van der Waals surface area contributed by atoms with E-state index in [1.54, 1.807) is 19.1 Å². The predicted molar refractivity (Wildman–Crippen MR) is 117 cm³/mol. The van der Waals surface area contributed by atoms with Crippen molar-refractivity contribution in [3.05, 3.63) is 102 Å². The van der Waals surface area contributed by atoms with Crippen LogP contribution in [-0.4, -0.2) is 18.0 Å². The molecule has 3 aromatic carbocycles. The standard InChI is InChI=1S/C25H22N2O3/c1-19(26-25(29)30-18-22-11-6-3-7-12-22)24(28)27-23-14-8-13-21(17-23)16-15-20-9-4-2-5-10-20/h2-14,17,19H,18H2,1H3,(H,26,29)(H,27,28)/t19-/m1/s1. The van der Waals surface area contributed by atoms with Crippen molar-refractivity contribution >= 4 is 17.7 Å². The monoisotopic (exact) mass is 398 g/mol. The summed E-state index contributed by atoms with van der Waals surface area (Å²) in [7, 11) is 0. The smallest absolute Gasteiger partial charge is 0.408 e. The van der Waals surface area contributed by atoms with Gasteiger partial charge in [0.2, 0.25) is 5.91 Å². The maximum Gasteiger partial charge on any atom is 0.408 e. The van der Waals surface area contributed by atoms with Gasteiger partial charge in [-0.15, -0.1) is 0 Å². The minimum absolute atomic E-state index is 0.142. The van der Waals surface area contributed by atoms with Crippen molar-refractivity contribution in [3.63, 3.8) is 0 Å². The molecule has 0 aliphatic heterocycles. The van der Waals surface area contributed by atoms with Gasteiger partial charge in [0.15, 0.2) is 0 Å². The molecule has 0 spiro atoms. The number of amides is 2. The number of benzene rings is 3. The van der Waals surface area contributed by atoms with Crippen molar-refractivity contribution in [2.24, 2.45) is 0 Å². The zero-order valence-corrected chi connectivity index (χ0v) is 16.6. The third-order valence-electron chi connectivity index (χ3n) is 4.20. The number of carbonyl (C=O) groups is 2. The summed E-state index contributed by atoms with van der Waals surface area (Å²) in [6.45, 7) is 1.74. The van der Waals surface area contributed by atoms with Crippen molar-refractivity contribution in [2.75, 3.05) is 5.32 Å². The predicted octanol–water partition coefficient (Wildman–Crippen LogP) is 4.34. The summed E-state index contributed by atoms with van der Waals surface area (Å²) in [6, 6.07) is 25.5. The number of rotatable bonds is 5. The topological polar surface area (TPSA) is 67.4 Å². The summed E-state index contributed by atoms with van der Waals surface area (Å²) in [4.78, 5) is 24.3. The average molecular weight is 398 g/mol. The number of nitrogens with one attached hydrogen (secondary N) is 2. The number of anilines is 1. The van der Waals surface area contributed by atoms with Gasteiger partial charge in [-0.2, -0.15) is 0 Å². The van der Waals surface area contributed by atoms with Gasteiger partial charge in [0.25, 0.3) is 0 Å². The molecule has 2 N–H and O–H groups in total. The fraction of sp³-hybridized carbons (Fsp3) is 0.120. The van der Waals surface area contributed by atoms with Crippen LogP contribution >= 0.6 is 0 Å². The third-order valence-corrected chi connectivity index (χ3v) is 4.20. The van der Waals surface area contributed by atoms with E-state index in [-0.39, 0.29) is 12.5 Å². The van der Waals surface area contributed by atoms with Gasteiger partial charge in [-0.1, -0.05) is 66.4 Å². The van der Waals surface area contributed by atoms with E-state index in [1.807, 2.05) is 72.8 Å². The molecule has 0 heterocycles. The quantitative estimate of drug-likeness (QED) is 0.628. The van der Waals surface area contributed by atoms with Gasteiger partial charge in [-0.3, -0.25) is 4.79 Å². The molecule has 0 radical (unpaired) electrons. The molecule has 3 rings (SSSR count). The Morgan fingerprint density at radius 3 is 2.23 bits per heavy atom. The Hall–Kier alpha value is -4.04. The first-order valence-corrected chi connectivity index (χ1v) is 9.55. The van der Waals surface area contributed by atoms with Gasteiger partial charge in [0, 0.05) is 16.8 Å². The third kappa shape index (κ3) is 6.54. The fourth-order valence-corrected chi connectivity index (χ4v) is 2.60. The van der Waals surface area contributed by atoms with Crippen molar-refractivity contribution in [2.45, 2.75) is 19.6 Å². The highest BCUT2D eigenvalue weighted by Gasteiger charge is 2.16. The van der Waals surface area contributed by atoms with E-state index in [9.17, 15) is 9.59 Å². The molecule has 2 amide bonds. The van der Waals surface area contributed by atoms with Gasteiger partial charge in [0.05, 0.1) is 0 Å². The lowest BCUT2D eigenvalue weighted by Crippen LogP contribution is -2.41. The fourth-order valence-electron chi connectivity index (χ4n) is 2.60. The average Bonchev–Trinajstić information content (AvgIpc) is 2.78. The van der Waals surface area contributed by atoms with Crippen LogP contribution in [0.1, 0.15) is 23.6 Å². The molecule has 0 aromatic heterocycles. The number of hydrogen-bond donors (Lipinski definition) is 2. The summed E-state index contributed by atoms with van der Waals surface area (Å²) in [5.41, 5.74) is 3.17. The molecule has 0 unspecified atom stereocenters. The highest BCUT2D eigenvalue weighted by atomic mass is 16.5. The maximum absolute atomic E-state index is 12.4. The largest absolute Gasteiger partial charge is 0.445 e. The number of alkyl carbamates (subject to hydrolysis) is 1. The van der Waals surface area contributed by atoms with E-state index in [0.29, 0.717) is 5.69 Å². The number of ether oxygens (including phenoxy) is 1. The molecule has 150 valence electrons. The molecule has 0 aliphatic rings. The van der Waals surface area contributed by atoms with E-state index >= 15 is 0 Å². The molecule has 3 aromatic rings. The first-order chi connectivity index (χ1) is 14.6. The van der Waals surface area contributed by atoms with Crippen LogP contribution < -0.4 is 10.6 Å². The minimum atomic E-state index is -0.757. The highest BCUT2D eigenvalue weighted by molar-refractivity contribution is 5.96. The first kappa shape index (κ1) is 20.7. The highest BCUT2D eigenvalue weighted by Crippen LogP contribution is 2.11. The molecule has 5 nitrogen and oxygen atoms in total. The normalized spacial score (nSPS) is 10.8. The van der Waals surface area contributed by atoms with Crippen LogP contribution in [0.3, 0.4) is 0 Å². The lowest BCUT2D eigenvalue weighted by atomic mass is 10.1. The zero-order chi connectivity index (χ0) is 21.2. The first-order valence-electron chi connectivity index (χ1n) is 9.55. The van der Waals surface area contributed by atoms with Crippen LogP contribution in [0, 0.1) is 11.8 Å². The summed E-state index contributed by atoms with van der Waals surface area (Å²) in [6.07, 6.45) is -0.649. The summed E-state index contributed by atoms with van der Waals surface area (Å²) in [5.74, 6) is 5.81. The van der Waals surface area contributed by atoms with Crippen LogP contribution in [0.5, 0.6) is 0 Å². The number of hydrogen-bond acceptors (Lipinski definition) is 3. The second kappa shape index (κ2) is 10.5. The Kier molecular flexibility index (Phi) is 7.23. The Labute approximate surface area is 176 Å². The molecular formula is C25H22N2O3. The van der Waals surface area contributed by atoms with Gasteiger partial charge in [-0.05, 0) is 42.8 Å². The molecule has 1 atom stereocenters. The van der Waals surface area contributed by atoms with E-state index in [2.05, 4.69) is 22.5 Å². The van der Waals surface area contributed by atoms with Crippen LogP contribution in [0.25, 0.3) is 0 Å². The van der Waals surface area contributed by atoms with E-state index < -0.39 is 12.1 Å². The lowest BCUT2D eigenvalue weighted by molar-refractivity contribution is -0.117. The molecule has 0 aliphatic carbocycles. The van der Waals surface area contributed by atoms with Crippen molar-refractivity contribution in [1.29, 1.82) is 0 Å². The van der Waals surface area contributed by atoms with Gasteiger partial charge >= 0.3 is 6.09 Å². The number of carbonyl (C=O) groups excluding carboxylic acids is 2. The lowest BCUT2D eigenvalue weighted by Gasteiger charge is -2.14. The molecule has 0 saturated carbocycles. The molecule has 5 heteroatoms. The van der Waals surface area contributed by atoms with Crippen LogP contribution in [0.2, 0.25) is 0 Å². The zero-order valence-electron chi connectivity index (χ0n) is 16.6. The minimum Gasteiger partial charge on any atom is -0.445 e. The second-order valence-electron chi connectivity index (χ2n) is 6.61. The second-order valence-corrected chi connectivity index (χ2v) is 6.61. The summed E-state index contributed by atoms with van der Waals surface area (Å²) < 4.78 is 5.14. The van der Waals surface area contributed by atoms with Crippen molar-refractivity contribution in [3.8, 4) is 11.8 Å². The van der Waals surface area contributed by atoms with Crippen LogP contribution in [0.15, 0.2) is 84.9 Å². The van der Waals surface area contributed by atoms with Crippen LogP contribution in [0.4, 0.5) is 10.5 Å². The molecular weight excluding hydrogens is 376 g/mol. The van der Waals surface area contributed by atoms with Crippen LogP contribution in [-0.2, 0) is 16.1 Å². The molecule has 0 bridgehead atoms. The van der Waals surface area contributed by atoms with Gasteiger partial charge in [-0.25, -0.2) is 4.79 Å². The maximum atomic E-state index is 12.4. The molecule has 0 fully saturated rings. The van der Waals surface area contributed by atoms with Gasteiger partial charge in [0.1, 0.15) is 12.6 Å². The van der Waals surface area contributed by atoms with Crippen molar-refractivity contribution < 1.29 is 14.3 Å². The Bertz CT molecular complexity index is 1050.